The van der Waals surface area contributed by atoms with Crippen LogP contribution in [0.2, 0.25) is 0 Å². The van der Waals surface area contributed by atoms with E-state index in [1.54, 1.807) is 13.3 Å². The average molecular weight is 379 g/mol. The van der Waals surface area contributed by atoms with E-state index in [1.807, 2.05) is 48.3 Å². The van der Waals surface area contributed by atoms with Gasteiger partial charge in [-0.15, -0.1) is 0 Å². The van der Waals surface area contributed by atoms with Crippen LogP contribution in [0.4, 0.5) is 5.95 Å². The van der Waals surface area contributed by atoms with Gasteiger partial charge in [-0.1, -0.05) is 12.1 Å². The summed E-state index contributed by atoms with van der Waals surface area (Å²) in [6, 6.07) is 7.88. The summed E-state index contributed by atoms with van der Waals surface area (Å²) < 4.78 is 13.2. The zero-order valence-electron chi connectivity index (χ0n) is 16.5. The van der Waals surface area contributed by atoms with Crippen molar-refractivity contribution in [1.29, 1.82) is 0 Å². The average Bonchev–Trinajstić information content (AvgIpc) is 3.35. The molecule has 4 rings (SSSR count). The second-order valence-electron chi connectivity index (χ2n) is 7.31. The molecule has 0 bridgehead atoms. The van der Waals surface area contributed by atoms with Crippen LogP contribution in [0.3, 0.4) is 0 Å². The van der Waals surface area contributed by atoms with E-state index in [0.717, 1.165) is 47.8 Å². The lowest BCUT2D eigenvalue weighted by Gasteiger charge is -2.23. The molecule has 146 valence electrons. The molecule has 0 aliphatic carbocycles. The number of imidazole rings is 1. The van der Waals surface area contributed by atoms with Gasteiger partial charge in [0.2, 0.25) is 5.95 Å². The van der Waals surface area contributed by atoms with Crippen LogP contribution in [0.25, 0.3) is 22.6 Å². The molecule has 0 amide bonds. The molecule has 7 nitrogen and oxygen atoms in total. The Morgan fingerprint density at radius 1 is 1.32 bits per heavy atom. The summed E-state index contributed by atoms with van der Waals surface area (Å²) in [6.45, 7) is 3.61. The molecule has 1 atom stereocenters. The molecule has 1 saturated heterocycles. The highest BCUT2D eigenvalue weighted by molar-refractivity contribution is 5.78. The van der Waals surface area contributed by atoms with Crippen molar-refractivity contribution in [2.24, 2.45) is 7.05 Å². The molecule has 0 saturated carbocycles. The highest BCUT2D eigenvalue weighted by Gasteiger charge is 2.29. The topological polar surface area (TPSA) is 74.1 Å². The fourth-order valence-corrected chi connectivity index (χ4v) is 3.48. The number of anilines is 1. The van der Waals surface area contributed by atoms with Crippen molar-refractivity contribution in [1.82, 2.24) is 19.5 Å². The number of nitrogens with zero attached hydrogens (tertiary/aromatic N) is 4. The van der Waals surface area contributed by atoms with Crippen molar-refractivity contribution < 1.29 is 9.47 Å². The lowest BCUT2D eigenvalue weighted by molar-refractivity contribution is 0.0314. The molecule has 0 spiro atoms. The van der Waals surface area contributed by atoms with Gasteiger partial charge in [0.1, 0.15) is 11.4 Å². The second-order valence-corrected chi connectivity index (χ2v) is 7.31. The third-order valence-electron chi connectivity index (χ3n) is 5.12. The maximum absolute atomic E-state index is 5.85. The minimum Gasteiger partial charge on any atom is -0.497 e. The van der Waals surface area contributed by atoms with Crippen molar-refractivity contribution in [2.45, 2.75) is 25.4 Å². The van der Waals surface area contributed by atoms with E-state index < -0.39 is 0 Å². The fraction of sp³-hybridized carbons (Fsp3) is 0.381. The summed E-state index contributed by atoms with van der Waals surface area (Å²) >= 11 is 0. The first kappa shape index (κ1) is 18.4. The zero-order chi connectivity index (χ0) is 19.6. The Labute approximate surface area is 164 Å². The molecule has 1 fully saturated rings. The molecule has 7 heteroatoms. The number of benzene rings is 1. The van der Waals surface area contributed by atoms with Crippen LogP contribution in [0.5, 0.6) is 5.75 Å². The summed E-state index contributed by atoms with van der Waals surface area (Å²) in [5.74, 6) is 2.14. The van der Waals surface area contributed by atoms with E-state index in [2.05, 4.69) is 22.2 Å². The fourth-order valence-electron chi connectivity index (χ4n) is 3.48. The van der Waals surface area contributed by atoms with Gasteiger partial charge >= 0.3 is 0 Å². The van der Waals surface area contributed by atoms with Crippen LogP contribution >= 0.6 is 0 Å². The molecular formula is C21H25N5O2. The number of methoxy groups -OCH3 is 1. The summed E-state index contributed by atoms with van der Waals surface area (Å²) in [5, 5.41) is 3.34. The molecular weight excluding hydrogens is 354 g/mol. The van der Waals surface area contributed by atoms with Gasteiger partial charge in [-0.05, 0) is 37.5 Å². The first-order valence-corrected chi connectivity index (χ1v) is 9.45. The molecule has 28 heavy (non-hydrogen) atoms. The predicted molar refractivity (Wildman–Crippen MR) is 108 cm³/mol. The largest absolute Gasteiger partial charge is 0.497 e. The Kier molecular flexibility index (Phi) is 5.00. The van der Waals surface area contributed by atoms with Crippen molar-refractivity contribution in [3.63, 3.8) is 0 Å². The number of rotatable bonds is 6. The maximum atomic E-state index is 5.85. The first-order chi connectivity index (χ1) is 13.6. The number of nitrogens with one attached hydrogen (secondary N) is 1. The minimum absolute atomic E-state index is 0.168. The van der Waals surface area contributed by atoms with Crippen LogP contribution in [-0.4, -0.2) is 45.4 Å². The predicted octanol–water partition coefficient (Wildman–Crippen LogP) is 3.53. The van der Waals surface area contributed by atoms with Gasteiger partial charge in [-0.3, -0.25) is 0 Å². The molecule has 1 aromatic carbocycles. The number of hydrogen-bond donors (Lipinski definition) is 1. The van der Waals surface area contributed by atoms with Crippen LogP contribution in [0, 0.1) is 0 Å². The van der Waals surface area contributed by atoms with Crippen molar-refractivity contribution >= 4 is 5.95 Å². The second kappa shape index (κ2) is 7.59. The van der Waals surface area contributed by atoms with E-state index in [9.17, 15) is 0 Å². The normalized spacial score (nSPS) is 19.0. The van der Waals surface area contributed by atoms with E-state index >= 15 is 0 Å². The molecule has 3 heterocycles. The first-order valence-electron chi connectivity index (χ1n) is 9.45. The van der Waals surface area contributed by atoms with E-state index in [4.69, 9.17) is 14.5 Å². The summed E-state index contributed by atoms with van der Waals surface area (Å²) in [6.07, 6.45) is 7.65. The molecule has 1 N–H and O–H groups in total. The van der Waals surface area contributed by atoms with Crippen molar-refractivity contribution in [3.05, 3.63) is 42.9 Å². The highest BCUT2D eigenvalue weighted by atomic mass is 16.5. The van der Waals surface area contributed by atoms with Gasteiger partial charge in [-0.2, -0.15) is 0 Å². The van der Waals surface area contributed by atoms with Gasteiger partial charge in [0.15, 0.2) is 5.82 Å². The Morgan fingerprint density at radius 3 is 2.93 bits per heavy atom. The van der Waals surface area contributed by atoms with Crippen molar-refractivity contribution in [2.75, 3.05) is 25.6 Å². The summed E-state index contributed by atoms with van der Waals surface area (Å²) in [4.78, 5) is 13.8. The number of hydrogen-bond acceptors (Lipinski definition) is 6. The molecule has 1 aliphatic rings. The number of ether oxygens (including phenoxy) is 2. The smallest absolute Gasteiger partial charge is 0.223 e. The maximum Gasteiger partial charge on any atom is 0.223 e. The Balaban J connectivity index is 1.71. The molecule has 2 aromatic heterocycles. The quantitative estimate of drug-likeness (QED) is 0.706. The Hall–Kier alpha value is -2.93. The Morgan fingerprint density at radius 2 is 2.21 bits per heavy atom. The monoisotopic (exact) mass is 379 g/mol. The van der Waals surface area contributed by atoms with Gasteiger partial charge in [0.25, 0.3) is 0 Å². The van der Waals surface area contributed by atoms with E-state index in [1.165, 1.54) is 0 Å². The molecule has 0 radical (unpaired) electrons. The Bertz CT molecular complexity index is 963. The van der Waals surface area contributed by atoms with Crippen LogP contribution < -0.4 is 10.1 Å². The van der Waals surface area contributed by atoms with Crippen molar-refractivity contribution in [3.8, 4) is 28.4 Å². The summed E-state index contributed by atoms with van der Waals surface area (Å²) in [5.41, 5.74) is 2.49. The van der Waals surface area contributed by atoms with Gasteiger partial charge < -0.3 is 19.4 Å². The molecule has 1 aliphatic heterocycles. The van der Waals surface area contributed by atoms with Crippen LogP contribution in [0.15, 0.2) is 42.9 Å². The third-order valence-corrected chi connectivity index (χ3v) is 5.12. The lowest BCUT2D eigenvalue weighted by Crippen LogP contribution is -2.33. The summed E-state index contributed by atoms with van der Waals surface area (Å²) in [7, 11) is 3.62. The van der Waals surface area contributed by atoms with Crippen LogP contribution in [0.1, 0.15) is 19.8 Å². The van der Waals surface area contributed by atoms with Gasteiger partial charge in [-0.25, -0.2) is 15.0 Å². The molecule has 3 aromatic rings. The zero-order valence-corrected chi connectivity index (χ0v) is 16.5. The number of aromatic nitrogens is 4. The molecule has 0 unspecified atom stereocenters. The van der Waals surface area contributed by atoms with E-state index in [0.29, 0.717) is 12.5 Å². The standard InChI is InChI=1S/C21H25N5O2/c1-21(8-5-11-28-21)14-24-20-23-13-17(15-6-4-7-16(12-15)27-3)18(25-20)19-22-9-10-26(19)2/h4,6-7,9-10,12-13H,5,8,11,14H2,1-3H3,(H,23,24,25)/t21-/m1/s1. The highest BCUT2D eigenvalue weighted by Crippen LogP contribution is 2.32. The lowest BCUT2D eigenvalue weighted by atomic mass is 10.0. The third kappa shape index (κ3) is 3.71. The SMILES string of the molecule is COc1cccc(-c2cnc(NC[C@@]3(C)CCCO3)nc2-c2nccn2C)c1. The number of aryl methyl sites for hydroxylation is 1. The van der Waals surface area contributed by atoms with Gasteiger partial charge in [0.05, 0.1) is 12.7 Å². The van der Waals surface area contributed by atoms with Crippen LogP contribution in [-0.2, 0) is 11.8 Å². The van der Waals surface area contributed by atoms with E-state index in [-0.39, 0.29) is 5.60 Å². The van der Waals surface area contributed by atoms with Gasteiger partial charge in [0, 0.05) is 44.4 Å². The minimum atomic E-state index is -0.168.